The third-order valence-electron chi connectivity index (χ3n) is 4.53. The van der Waals surface area contributed by atoms with Crippen molar-refractivity contribution in [1.82, 2.24) is 10.2 Å². The smallest absolute Gasteiger partial charge is 0.242 e. The van der Waals surface area contributed by atoms with Gasteiger partial charge in [0.25, 0.3) is 0 Å². The minimum atomic E-state index is -0.460. The molecule has 2 aromatic carbocycles. The molecule has 0 radical (unpaired) electrons. The van der Waals surface area contributed by atoms with Crippen LogP contribution in [0.4, 0.5) is 4.39 Å². The number of hydrogen-bond acceptors (Lipinski definition) is 3. The Balaban J connectivity index is 1.63. The maximum absolute atomic E-state index is 13.3. The Labute approximate surface area is 154 Å². The number of halogens is 1. The van der Waals surface area contributed by atoms with Gasteiger partial charge in [0.2, 0.25) is 5.91 Å². The normalized spacial score (nSPS) is 14.9. The van der Waals surface area contributed by atoms with Crippen LogP contribution in [0, 0.1) is 12.7 Å². The van der Waals surface area contributed by atoms with Crippen LogP contribution in [-0.2, 0) is 4.79 Å². The molecular formula is C21H25FN2O2. The molecule has 1 N–H and O–H groups in total. The first-order valence-electron chi connectivity index (χ1n) is 8.98. The second kappa shape index (κ2) is 8.32. The number of carbonyl (C=O) groups is 1. The lowest BCUT2D eigenvalue weighted by atomic mass is 10.0. The highest BCUT2D eigenvalue weighted by atomic mass is 19.1. The summed E-state index contributed by atoms with van der Waals surface area (Å²) >= 11 is 0. The van der Waals surface area contributed by atoms with E-state index in [9.17, 15) is 9.18 Å². The summed E-state index contributed by atoms with van der Waals surface area (Å²) in [6.07, 6.45) is 2.06. The fraction of sp³-hybridized carbons (Fsp3) is 0.381. The van der Waals surface area contributed by atoms with Crippen molar-refractivity contribution in [2.75, 3.05) is 20.2 Å². The zero-order valence-electron chi connectivity index (χ0n) is 15.2. The highest BCUT2D eigenvalue weighted by molar-refractivity contribution is 5.83. The number of carbonyl (C=O) groups excluding carboxylic acids is 1. The van der Waals surface area contributed by atoms with E-state index >= 15 is 0 Å². The predicted octanol–water partition coefficient (Wildman–Crippen LogP) is 3.46. The van der Waals surface area contributed by atoms with Gasteiger partial charge in [-0.25, -0.2) is 4.39 Å². The molecule has 0 aromatic heterocycles. The minimum Gasteiger partial charge on any atom is -0.492 e. The largest absolute Gasteiger partial charge is 0.492 e. The van der Waals surface area contributed by atoms with Gasteiger partial charge in [0.15, 0.2) is 0 Å². The van der Waals surface area contributed by atoms with Crippen LogP contribution in [-0.4, -0.2) is 37.0 Å². The van der Waals surface area contributed by atoms with Crippen molar-refractivity contribution in [1.29, 1.82) is 0 Å². The molecule has 138 valence electrons. The standard InChI is InChI=1S/C21H25FN2O2/c1-15-3-11-19(12-4-15)26-14-13-24(2)20(21(25)23-18-9-10-18)16-5-7-17(22)8-6-16/h3-8,11-12,18,20H,9-10,13-14H2,1-2H3,(H,23,25). The number of ether oxygens (including phenoxy) is 1. The molecule has 4 nitrogen and oxygen atoms in total. The monoisotopic (exact) mass is 356 g/mol. The van der Waals surface area contributed by atoms with E-state index in [0.29, 0.717) is 13.2 Å². The van der Waals surface area contributed by atoms with Gasteiger partial charge in [-0.15, -0.1) is 0 Å². The molecule has 0 aliphatic heterocycles. The van der Waals surface area contributed by atoms with Crippen molar-refractivity contribution < 1.29 is 13.9 Å². The molecule has 1 atom stereocenters. The first-order chi connectivity index (χ1) is 12.5. The maximum Gasteiger partial charge on any atom is 0.242 e. The highest BCUT2D eigenvalue weighted by Gasteiger charge is 2.30. The van der Waals surface area contributed by atoms with Crippen LogP contribution in [0.15, 0.2) is 48.5 Å². The highest BCUT2D eigenvalue weighted by Crippen LogP contribution is 2.24. The summed E-state index contributed by atoms with van der Waals surface area (Å²) in [6, 6.07) is 13.8. The van der Waals surface area contributed by atoms with Crippen LogP contribution < -0.4 is 10.1 Å². The molecule has 1 unspecified atom stereocenters. The summed E-state index contributed by atoms with van der Waals surface area (Å²) in [5, 5.41) is 3.05. The van der Waals surface area contributed by atoms with Crippen molar-refractivity contribution in [3.05, 3.63) is 65.5 Å². The average Bonchev–Trinajstić information content (AvgIpc) is 3.42. The Morgan fingerprint density at radius 2 is 1.85 bits per heavy atom. The Kier molecular flexibility index (Phi) is 5.89. The molecule has 5 heteroatoms. The topological polar surface area (TPSA) is 41.6 Å². The van der Waals surface area contributed by atoms with Gasteiger partial charge in [-0.3, -0.25) is 9.69 Å². The Morgan fingerprint density at radius 1 is 1.19 bits per heavy atom. The van der Waals surface area contributed by atoms with Gasteiger partial charge >= 0.3 is 0 Å². The predicted molar refractivity (Wildman–Crippen MR) is 99.6 cm³/mol. The summed E-state index contributed by atoms with van der Waals surface area (Å²) < 4.78 is 19.0. The van der Waals surface area contributed by atoms with Crippen LogP contribution >= 0.6 is 0 Å². The first-order valence-corrected chi connectivity index (χ1v) is 8.98. The summed E-state index contributed by atoms with van der Waals surface area (Å²) in [6.45, 7) is 3.07. The number of nitrogens with zero attached hydrogens (tertiary/aromatic N) is 1. The summed E-state index contributed by atoms with van der Waals surface area (Å²) in [5.74, 6) is 0.460. The van der Waals surface area contributed by atoms with Crippen LogP contribution in [0.1, 0.15) is 30.0 Å². The van der Waals surface area contributed by atoms with Crippen LogP contribution in [0.25, 0.3) is 0 Å². The van der Waals surface area contributed by atoms with E-state index in [-0.39, 0.29) is 17.8 Å². The number of rotatable bonds is 8. The van der Waals surface area contributed by atoms with E-state index in [1.165, 1.54) is 17.7 Å². The molecule has 0 saturated heterocycles. The lowest BCUT2D eigenvalue weighted by Crippen LogP contribution is -2.41. The van der Waals surface area contributed by atoms with Gasteiger partial charge in [0.1, 0.15) is 24.2 Å². The van der Waals surface area contributed by atoms with Crippen LogP contribution in [0.2, 0.25) is 0 Å². The van der Waals surface area contributed by atoms with E-state index in [0.717, 1.165) is 24.2 Å². The van der Waals surface area contributed by atoms with E-state index in [2.05, 4.69) is 5.32 Å². The number of hydrogen-bond donors (Lipinski definition) is 1. The lowest BCUT2D eigenvalue weighted by Gasteiger charge is -2.27. The van der Waals surface area contributed by atoms with Crippen LogP contribution in [0.5, 0.6) is 5.75 Å². The molecule has 3 rings (SSSR count). The summed E-state index contributed by atoms with van der Waals surface area (Å²) in [4.78, 5) is 14.6. The summed E-state index contributed by atoms with van der Waals surface area (Å²) in [5.41, 5.74) is 1.96. The molecule has 0 heterocycles. The van der Waals surface area contributed by atoms with Gasteiger partial charge < -0.3 is 10.1 Å². The number of nitrogens with one attached hydrogen (secondary N) is 1. The van der Waals surface area contributed by atoms with Crippen molar-refractivity contribution in [2.45, 2.75) is 31.8 Å². The maximum atomic E-state index is 13.3. The SMILES string of the molecule is Cc1ccc(OCCN(C)C(C(=O)NC2CC2)c2ccc(F)cc2)cc1. The molecule has 1 aliphatic carbocycles. The fourth-order valence-corrected chi connectivity index (χ4v) is 2.83. The molecular weight excluding hydrogens is 331 g/mol. The summed E-state index contributed by atoms with van der Waals surface area (Å²) in [7, 11) is 1.89. The van der Waals surface area contributed by atoms with Gasteiger partial charge in [-0.2, -0.15) is 0 Å². The van der Waals surface area contributed by atoms with E-state index in [4.69, 9.17) is 4.74 Å². The molecule has 1 amide bonds. The van der Waals surface area contributed by atoms with E-state index < -0.39 is 6.04 Å². The molecule has 2 aromatic rings. The molecule has 26 heavy (non-hydrogen) atoms. The molecule has 1 fully saturated rings. The quantitative estimate of drug-likeness (QED) is 0.787. The Morgan fingerprint density at radius 3 is 2.46 bits per heavy atom. The van der Waals surface area contributed by atoms with Crippen molar-refractivity contribution in [3.8, 4) is 5.75 Å². The number of benzene rings is 2. The Bertz CT molecular complexity index is 727. The number of amides is 1. The van der Waals surface area contributed by atoms with Crippen LogP contribution in [0.3, 0.4) is 0 Å². The molecule has 0 spiro atoms. The first kappa shape index (κ1) is 18.4. The zero-order valence-corrected chi connectivity index (χ0v) is 15.2. The molecule has 1 aliphatic rings. The van der Waals surface area contributed by atoms with Gasteiger partial charge in [-0.05, 0) is 56.6 Å². The van der Waals surface area contributed by atoms with Crippen molar-refractivity contribution in [2.24, 2.45) is 0 Å². The fourth-order valence-electron chi connectivity index (χ4n) is 2.83. The molecule has 1 saturated carbocycles. The van der Waals surface area contributed by atoms with Gasteiger partial charge in [0.05, 0.1) is 0 Å². The van der Waals surface area contributed by atoms with Crippen molar-refractivity contribution in [3.63, 3.8) is 0 Å². The van der Waals surface area contributed by atoms with E-state index in [1.54, 1.807) is 12.1 Å². The zero-order chi connectivity index (χ0) is 18.5. The van der Waals surface area contributed by atoms with E-state index in [1.807, 2.05) is 43.1 Å². The third-order valence-corrected chi connectivity index (χ3v) is 4.53. The third kappa shape index (κ3) is 5.05. The minimum absolute atomic E-state index is 0.0445. The molecule has 0 bridgehead atoms. The second-order valence-electron chi connectivity index (χ2n) is 6.88. The number of aryl methyl sites for hydroxylation is 1. The van der Waals surface area contributed by atoms with Crippen molar-refractivity contribution >= 4 is 5.91 Å². The second-order valence-corrected chi connectivity index (χ2v) is 6.88. The average molecular weight is 356 g/mol. The van der Waals surface area contributed by atoms with Gasteiger partial charge in [0, 0.05) is 12.6 Å². The lowest BCUT2D eigenvalue weighted by molar-refractivity contribution is -0.126. The Hall–Kier alpha value is -2.40. The van der Waals surface area contributed by atoms with Gasteiger partial charge in [-0.1, -0.05) is 29.8 Å². The number of likely N-dealkylation sites (N-methyl/N-ethyl adjacent to an activating group) is 1.